The Morgan fingerprint density at radius 1 is 1.33 bits per heavy atom. The number of alkyl halides is 3. The van der Waals surface area contributed by atoms with E-state index >= 15 is 0 Å². The van der Waals surface area contributed by atoms with Crippen LogP contribution in [0.3, 0.4) is 0 Å². The molecule has 0 fully saturated rings. The lowest BCUT2D eigenvalue weighted by atomic mass is 10.2. The number of anilines is 1. The van der Waals surface area contributed by atoms with Gasteiger partial charge in [-0.3, -0.25) is 4.79 Å². The standard InChI is InChI=1S/C11H12F3NO3/c1-15(7-6-10(16)17)8-2-4-9(5-3-8)18-11(12,13)14/h2-5H,6-7H2,1H3,(H,16,17). The fraction of sp³-hybridized carbons (Fsp3) is 0.364. The van der Waals surface area contributed by atoms with Gasteiger partial charge in [-0.2, -0.15) is 0 Å². The first-order chi connectivity index (χ1) is 8.28. The second kappa shape index (κ2) is 5.61. The second-order valence-electron chi connectivity index (χ2n) is 3.61. The highest BCUT2D eigenvalue weighted by Crippen LogP contribution is 2.24. The van der Waals surface area contributed by atoms with Crippen molar-refractivity contribution in [2.24, 2.45) is 0 Å². The molecule has 0 unspecified atom stereocenters. The topological polar surface area (TPSA) is 49.8 Å². The molecule has 0 aliphatic carbocycles. The third kappa shape index (κ3) is 4.94. The van der Waals surface area contributed by atoms with Crippen LogP contribution < -0.4 is 9.64 Å². The number of halogens is 3. The molecule has 0 aliphatic rings. The SMILES string of the molecule is CN(CCC(=O)O)c1ccc(OC(F)(F)F)cc1. The molecule has 7 heteroatoms. The maximum atomic E-state index is 11.9. The quantitative estimate of drug-likeness (QED) is 0.886. The zero-order valence-electron chi connectivity index (χ0n) is 9.57. The number of carbonyl (C=O) groups is 1. The van der Waals surface area contributed by atoms with Crippen LogP contribution >= 0.6 is 0 Å². The van der Waals surface area contributed by atoms with Crippen molar-refractivity contribution >= 4 is 11.7 Å². The molecule has 18 heavy (non-hydrogen) atoms. The summed E-state index contributed by atoms with van der Waals surface area (Å²) in [4.78, 5) is 12.0. The summed E-state index contributed by atoms with van der Waals surface area (Å²) < 4.78 is 39.5. The van der Waals surface area contributed by atoms with Gasteiger partial charge in [-0.1, -0.05) is 0 Å². The molecule has 0 spiro atoms. The summed E-state index contributed by atoms with van der Waals surface area (Å²) in [5.41, 5.74) is 0.616. The van der Waals surface area contributed by atoms with Crippen LogP contribution in [0.25, 0.3) is 0 Å². The molecule has 0 heterocycles. The van der Waals surface area contributed by atoms with Crippen LogP contribution in [0.15, 0.2) is 24.3 Å². The molecule has 1 aromatic rings. The van der Waals surface area contributed by atoms with Crippen molar-refractivity contribution in [1.82, 2.24) is 0 Å². The third-order valence-electron chi connectivity index (χ3n) is 2.17. The Labute approximate surface area is 102 Å². The zero-order valence-corrected chi connectivity index (χ0v) is 9.57. The Morgan fingerprint density at radius 3 is 2.33 bits per heavy atom. The van der Waals surface area contributed by atoms with Crippen molar-refractivity contribution in [2.75, 3.05) is 18.5 Å². The number of carboxylic acid groups (broad SMARTS) is 1. The van der Waals surface area contributed by atoms with Crippen molar-refractivity contribution in [2.45, 2.75) is 12.8 Å². The van der Waals surface area contributed by atoms with Crippen LogP contribution in [-0.4, -0.2) is 31.0 Å². The maximum absolute atomic E-state index is 11.9. The first-order valence-electron chi connectivity index (χ1n) is 5.06. The zero-order chi connectivity index (χ0) is 13.8. The minimum absolute atomic E-state index is 0.0443. The number of hydrogen-bond donors (Lipinski definition) is 1. The van der Waals surface area contributed by atoms with Gasteiger partial charge in [0.1, 0.15) is 5.75 Å². The van der Waals surface area contributed by atoms with Gasteiger partial charge in [0.25, 0.3) is 0 Å². The van der Waals surface area contributed by atoms with E-state index in [1.807, 2.05) is 0 Å². The van der Waals surface area contributed by atoms with Gasteiger partial charge in [0.15, 0.2) is 0 Å². The minimum atomic E-state index is -4.71. The Kier molecular flexibility index (Phi) is 4.41. The molecule has 0 aromatic heterocycles. The molecule has 0 saturated heterocycles. The lowest BCUT2D eigenvalue weighted by Gasteiger charge is -2.18. The summed E-state index contributed by atoms with van der Waals surface area (Å²) in [7, 11) is 1.66. The van der Waals surface area contributed by atoms with Crippen LogP contribution in [0.5, 0.6) is 5.75 Å². The Bertz CT molecular complexity index is 403. The average Bonchev–Trinajstić information content (AvgIpc) is 2.24. The Hall–Kier alpha value is -1.92. The fourth-order valence-electron chi connectivity index (χ4n) is 1.29. The monoisotopic (exact) mass is 263 g/mol. The molecule has 1 aromatic carbocycles. The number of nitrogens with zero attached hydrogens (tertiary/aromatic N) is 1. The summed E-state index contributed by atoms with van der Waals surface area (Å²) in [6, 6.07) is 5.23. The minimum Gasteiger partial charge on any atom is -0.481 e. The molecule has 0 radical (unpaired) electrons. The third-order valence-corrected chi connectivity index (χ3v) is 2.17. The number of hydrogen-bond acceptors (Lipinski definition) is 3. The van der Waals surface area contributed by atoms with E-state index in [1.54, 1.807) is 11.9 Å². The molecular formula is C11H12F3NO3. The Balaban J connectivity index is 2.62. The van der Waals surface area contributed by atoms with Crippen molar-refractivity contribution in [3.05, 3.63) is 24.3 Å². The highest BCUT2D eigenvalue weighted by Gasteiger charge is 2.30. The van der Waals surface area contributed by atoms with E-state index < -0.39 is 12.3 Å². The van der Waals surface area contributed by atoms with E-state index in [0.717, 1.165) is 0 Å². The summed E-state index contributed by atoms with van der Waals surface area (Å²) in [5, 5.41) is 8.51. The van der Waals surface area contributed by atoms with Crippen molar-refractivity contribution < 1.29 is 27.8 Å². The van der Waals surface area contributed by atoms with Gasteiger partial charge in [-0.25, -0.2) is 0 Å². The highest BCUT2D eigenvalue weighted by atomic mass is 19.4. The van der Waals surface area contributed by atoms with E-state index in [0.29, 0.717) is 5.69 Å². The number of aliphatic carboxylic acids is 1. The molecule has 1 N–H and O–H groups in total. The van der Waals surface area contributed by atoms with Crippen LogP contribution in [0.2, 0.25) is 0 Å². The summed E-state index contributed by atoms with van der Waals surface area (Å²) in [6.45, 7) is 0.273. The molecular weight excluding hydrogens is 251 g/mol. The van der Waals surface area contributed by atoms with Gasteiger partial charge in [0, 0.05) is 19.3 Å². The van der Waals surface area contributed by atoms with E-state index in [2.05, 4.69) is 4.74 Å². The van der Waals surface area contributed by atoms with Crippen LogP contribution in [-0.2, 0) is 4.79 Å². The Morgan fingerprint density at radius 2 is 1.89 bits per heavy atom. The fourth-order valence-corrected chi connectivity index (χ4v) is 1.29. The highest BCUT2D eigenvalue weighted by molar-refractivity contribution is 5.67. The van der Waals surface area contributed by atoms with Gasteiger partial charge < -0.3 is 14.7 Å². The maximum Gasteiger partial charge on any atom is 0.573 e. The predicted molar refractivity (Wildman–Crippen MR) is 58.6 cm³/mol. The number of rotatable bonds is 5. The first-order valence-corrected chi connectivity index (χ1v) is 5.06. The smallest absolute Gasteiger partial charge is 0.481 e. The van der Waals surface area contributed by atoms with E-state index in [4.69, 9.17) is 5.11 Å². The van der Waals surface area contributed by atoms with Gasteiger partial charge in [0.2, 0.25) is 0 Å². The first kappa shape index (κ1) is 14.1. The number of carboxylic acids is 1. The molecule has 0 atom stereocenters. The number of ether oxygens (including phenoxy) is 1. The van der Waals surface area contributed by atoms with Crippen LogP contribution in [0.1, 0.15) is 6.42 Å². The lowest BCUT2D eigenvalue weighted by molar-refractivity contribution is -0.274. The van der Waals surface area contributed by atoms with Gasteiger partial charge in [-0.05, 0) is 24.3 Å². The van der Waals surface area contributed by atoms with Crippen LogP contribution in [0, 0.1) is 0 Å². The van der Waals surface area contributed by atoms with Gasteiger partial charge in [-0.15, -0.1) is 13.2 Å². The summed E-state index contributed by atoms with van der Waals surface area (Å²) in [5.74, 6) is -1.24. The number of benzene rings is 1. The van der Waals surface area contributed by atoms with E-state index in [-0.39, 0.29) is 18.7 Å². The lowest BCUT2D eigenvalue weighted by Crippen LogP contribution is -2.21. The molecule has 0 aliphatic heterocycles. The van der Waals surface area contributed by atoms with Crippen molar-refractivity contribution in [3.63, 3.8) is 0 Å². The average molecular weight is 263 g/mol. The largest absolute Gasteiger partial charge is 0.573 e. The second-order valence-corrected chi connectivity index (χ2v) is 3.61. The van der Waals surface area contributed by atoms with Gasteiger partial charge >= 0.3 is 12.3 Å². The van der Waals surface area contributed by atoms with Crippen LogP contribution in [0.4, 0.5) is 18.9 Å². The molecule has 0 bridgehead atoms. The van der Waals surface area contributed by atoms with E-state index in [9.17, 15) is 18.0 Å². The predicted octanol–water partition coefficient (Wildman–Crippen LogP) is 2.50. The molecule has 0 amide bonds. The summed E-state index contributed by atoms with van der Waals surface area (Å²) in [6.07, 6.45) is -4.76. The van der Waals surface area contributed by atoms with Crippen molar-refractivity contribution in [1.29, 1.82) is 0 Å². The van der Waals surface area contributed by atoms with Crippen molar-refractivity contribution in [3.8, 4) is 5.75 Å². The summed E-state index contributed by atoms with van der Waals surface area (Å²) >= 11 is 0. The molecule has 0 saturated carbocycles. The molecule has 100 valence electrons. The molecule has 1 rings (SSSR count). The molecule has 4 nitrogen and oxygen atoms in total. The normalized spacial score (nSPS) is 11.1. The van der Waals surface area contributed by atoms with Gasteiger partial charge in [0.05, 0.1) is 6.42 Å². The van der Waals surface area contributed by atoms with E-state index in [1.165, 1.54) is 24.3 Å².